The van der Waals surface area contributed by atoms with Crippen LogP contribution in [-0.4, -0.2) is 24.1 Å². The van der Waals surface area contributed by atoms with Crippen LogP contribution in [0.25, 0.3) is 0 Å². The van der Waals surface area contributed by atoms with Crippen LogP contribution in [0.15, 0.2) is 41.0 Å². The van der Waals surface area contributed by atoms with Crippen molar-refractivity contribution < 1.29 is 4.39 Å². The second kappa shape index (κ2) is 6.94. The number of hydrogen-bond donors (Lipinski definition) is 1. The molecular formula is C16H16BrClFN3. The lowest BCUT2D eigenvalue weighted by atomic mass is 10.2. The van der Waals surface area contributed by atoms with Gasteiger partial charge in [0.1, 0.15) is 11.6 Å². The molecule has 1 aliphatic heterocycles. The van der Waals surface area contributed by atoms with Gasteiger partial charge < -0.3 is 10.2 Å². The average Bonchev–Trinajstić information content (AvgIpc) is 2.96. The van der Waals surface area contributed by atoms with Crippen LogP contribution in [-0.2, 0) is 6.54 Å². The van der Waals surface area contributed by atoms with Gasteiger partial charge in [-0.3, -0.25) is 0 Å². The van der Waals surface area contributed by atoms with Crippen molar-refractivity contribution in [2.24, 2.45) is 0 Å². The highest BCUT2D eigenvalue weighted by molar-refractivity contribution is 9.10. The molecule has 1 atom stereocenters. The summed E-state index contributed by atoms with van der Waals surface area (Å²) in [6.07, 6.45) is 2.87. The first-order chi connectivity index (χ1) is 10.6. The summed E-state index contributed by atoms with van der Waals surface area (Å²) in [5.41, 5.74) is 0.920. The van der Waals surface area contributed by atoms with E-state index in [0.29, 0.717) is 17.6 Å². The lowest BCUT2D eigenvalue weighted by molar-refractivity contribution is 0.550. The molecule has 1 fully saturated rings. The van der Waals surface area contributed by atoms with E-state index in [1.54, 1.807) is 6.07 Å². The quantitative estimate of drug-likeness (QED) is 0.863. The van der Waals surface area contributed by atoms with Gasteiger partial charge in [-0.1, -0.05) is 17.7 Å². The minimum Gasteiger partial charge on any atom is -0.355 e. The number of rotatable bonds is 4. The highest BCUT2D eigenvalue weighted by Gasteiger charge is 2.23. The Morgan fingerprint density at radius 1 is 1.36 bits per heavy atom. The van der Waals surface area contributed by atoms with E-state index in [1.807, 2.05) is 18.3 Å². The molecule has 6 heteroatoms. The van der Waals surface area contributed by atoms with Crippen molar-refractivity contribution in [2.45, 2.75) is 19.0 Å². The molecule has 0 bridgehead atoms. The second-order valence-corrected chi connectivity index (χ2v) is 6.71. The first-order valence-corrected chi connectivity index (χ1v) is 8.33. The Kier molecular flexibility index (Phi) is 4.96. The van der Waals surface area contributed by atoms with Crippen molar-refractivity contribution in [3.63, 3.8) is 0 Å². The van der Waals surface area contributed by atoms with Gasteiger partial charge in [0, 0.05) is 41.4 Å². The van der Waals surface area contributed by atoms with Crippen molar-refractivity contribution in [2.75, 3.05) is 18.0 Å². The summed E-state index contributed by atoms with van der Waals surface area (Å²) in [6, 6.07) is 8.92. The van der Waals surface area contributed by atoms with Gasteiger partial charge >= 0.3 is 0 Å². The molecule has 116 valence electrons. The van der Waals surface area contributed by atoms with E-state index in [4.69, 9.17) is 11.6 Å². The van der Waals surface area contributed by atoms with Crippen LogP contribution in [0.1, 0.15) is 12.0 Å². The molecule has 0 unspecified atom stereocenters. The number of anilines is 1. The molecule has 0 aliphatic carbocycles. The van der Waals surface area contributed by atoms with Crippen LogP contribution in [0.2, 0.25) is 5.02 Å². The number of pyridine rings is 1. The van der Waals surface area contributed by atoms with Gasteiger partial charge in [-0.15, -0.1) is 0 Å². The SMILES string of the molecule is Fc1ccc(CN[C@H]2CCN(c3ccc(Br)cn3)C2)c(Cl)c1. The predicted octanol–water partition coefficient (Wildman–Crippen LogP) is 4.01. The van der Waals surface area contributed by atoms with E-state index in [9.17, 15) is 4.39 Å². The smallest absolute Gasteiger partial charge is 0.128 e. The third-order valence-corrected chi connectivity index (χ3v) is 4.64. The Morgan fingerprint density at radius 3 is 2.95 bits per heavy atom. The van der Waals surface area contributed by atoms with Gasteiger partial charge in [-0.05, 0) is 52.2 Å². The van der Waals surface area contributed by atoms with Gasteiger partial charge in [-0.25, -0.2) is 9.37 Å². The van der Waals surface area contributed by atoms with Gasteiger partial charge in [-0.2, -0.15) is 0 Å². The maximum Gasteiger partial charge on any atom is 0.128 e. The number of nitrogens with zero attached hydrogens (tertiary/aromatic N) is 2. The van der Waals surface area contributed by atoms with Crippen molar-refractivity contribution in [3.8, 4) is 0 Å². The van der Waals surface area contributed by atoms with Gasteiger partial charge in [0.05, 0.1) is 0 Å². The summed E-state index contributed by atoms with van der Waals surface area (Å²) in [6.45, 7) is 2.53. The maximum absolute atomic E-state index is 13.0. The van der Waals surface area contributed by atoms with E-state index in [-0.39, 0.29) is 5.82 Å². The number of benzene rings is 1. The standard InChI is InChI=1S/C16H16BrClFN3/c17-12-2-4-16(21-9-12)22-6-5-14(10-22)20-8-11-1-3-13(19)7-15(11)18/h1-4,7,9,14,20H,5-6,8,10H2/t14-/m0/s1. The molecule has 0 saturated carbocycles. The van der Waals surface area contributed by atoms with Crippen LogP contribution in [0.5, 0.6) is 0 Å². The number of hydrogen-bond acceptors (Lipinski definition) is 3. The molecule has 0 radical (unpaired) electrons. The fourth-order valence-corrected chi connectivity index (χ4v) is 3.08. The van der Waals surface area contributed by atoms with E-state index >= 15 is 0 Å². The summed E-state index contributed by atoms with van der Waals surface area (Å²) in [4.78, 5) is 6.69. The van der Waals surface area contributed by atoms with Crippen molar-refractivity contribution in [3.05, 3.63) is 57.4 Å². The largest absolute Gasteiger partial charge is 0.355 e. The average molecular weight is 385 g/mol. The predicted molar refractivity (Wildman–Crippen MR) is 90.8 cm³/mol. The Morgan fingerprint density at radius 2 is 2.23 bits per heavy atom. The van der Waals surface area contributed by atoms with Crippen LogP contribution in [0.4, 0.5) is 10.2 Å². The van der Waals surface area contributed by atoms with Gasteiger partial charge in [0.15, 0.2) is 0 Å². The molecule has 3 rings (SSSR count). The van der Waals surface area contributed by atoms with Crippen molar-refractivity contribution in [1.29, 1.82) is 0 Å². The zero-order chi connectivity index (χ0) is 15.5. The topological polar surface area (TPSA) is 28.2 Å². The monoisotopic (exact) mass is 383 g/mol. The van der Waals surface area contributed by atoms with E-state index in [2.05, 4.69) is 31.1 Å². The zero-order valence-corrected chi connectivity index (χ0v) is 14.2. The Labute approximate surface area is 142 Å². The molecule has 1 aromatic carbocycles. The lowest BCUT2D eigenvalue weighted by Gasteiger charge is -2.18. The third-order valence-electron chi connectivity index (χ3n) is 3.82. The molecule has 1 aromatic heterocycles. The fourth-order valence-electron chi connectivity index (χ4n) is 2.61. The van der Waals surface area contributed by atoms with E-state index in [0.717, 1.165) is 35.4 Å². The maximum atomic E-state index is 13.0. The molecule has 0 spiro atoms. The minimum atomic E-state index is -0.304. The van der Waals surface area contributed by atoms with Crippen molar-refractivity contribution in [1.82, 2.24) is 10.3 Å². The molecule has 2 heterocycles. The molecule has 22 heavy (non-hydrogen) atoms. The summed E-state index contributed by atoms with van der Waals surface area (Å²) < 4.78 is 14.0. The molecule has 0 amide bonds. The number of aromatic nitrogens is 1. The van der Waals surface area contributed by atoms with Gasteiger partial charge in [0.25, 0.3) is 0 Å². The first-order valence-electron chi connectivity index (χ1n) is 7.15. The third kappa shape index (κ3) is 3.77. The Hall–Kier alpha value is -1.17. The first kappa shape index (κ1) is 15.7. The summed E-state index contributed by atoms with van der Waals surface area (Å²) >= 11 is 9.45. The number of nitrogens with one attached hydrogen (secondary N) is 1. The molecule has 1 saturated heterocycles. The van der Waals surface area contributed by atoms with Gasteiger partial charge in [0.2, 0.25) is 0 Å². The normalized spacial score (nSPS) is 18.0. The second-order valence-electron chi connectivity index (χ2n) is 5.38. The molecule has 2 aromatic rings. The molecule has 1 N–H and O–H groups in total. The minimum absolute atomic E-state index is 0.304. The Bertz CT molecular complexity index is 650. The van der Waals surface area contributed by atoms with Crippen LogP contribution in [0, 0.1) is 5.82 Å². The van der Waals surface area contributed by atoms with Crippen LogP contribution >= 0.6 is 27.5 Å². The number of halogens is 3. The molecular weight excluding hydrogens is 369 g/mol. The van der Waals surface area contributed by atoms with E-state index in [1.165, 1.54) is 12.1 Å². The fraction of sp³-hybridized carbons (Fsp3) is 0.312. The van der Waals surface area contributed by atoms with E-state index < -0.39 is 0 Å². The summed E-state index contributed by atoms with van der Waals surface area (Å²) in [5.74, 6) is 0.689. The highest BCUT2D eigenvalue weighted by Crippen LogP contribution is 2.21. The van der Waals surface area contributed by atoms with Crippen LogP contribution in [0.3, 0.4) is 0 Å². The summed E-state index contributed by atoms with van der Waals surface area (Å²) in [5, 5.41) is 3.95. The molecule has 1 aliphatic rings. The van der Waals surface area contributed by atoms with Crippen molar-refractivity contribution >= 4 is 33.3 Å². The molecule has 3 nitrogen and oxygen atoms in total. The Balaban J connectivity index is 1.56. The zero-order valence-electron chi connectivity index (χ0n) is 11.9. The summed E-state index contributed by atoms with van der Waals surface area (Å²) in [7, 11) is 0. The highest BCUT2D eigenvalue weighted by atomic mass is 79.9. The van der Waals surface area contributed by atoms with Crippen LogP contribution < -0.4 is 10.2 Å². The lowest BCUT2D eigenvalue weighted by Crippen LogP contribution is -2.32.